The Morgan fingerprint density at radius 2 is 1.86 bits per heavy atom. The van der Waals surface area contributed by atoms with Gasteiger partial charge in [0.2, 0.25) is 5.91 Å². The van der Waals surface area contributed by atoms with Gasteiger partial charge in [-0.25, -0.2) is 0 Å². The first-order valence-corrected chi connectivity index (χ1v) is 7.18. The molecular formula is C18H23NO3. The van der Waals surface area contributed by atoms with E-state index in [0.29, 0.717) is 25.1 Å². The first kappa shape index (κ1) is 17.7. The number of nitrogens with zero attached hydrogens (tertiary/aromatic N) is 1. The number of esters is 1. The zero-order valence-corrected chi connectivity index (χ0v) is 13.3. The van der Waals surface area contributed by atoms with Crippen LogP contribution >= 0.6 is 0 Å². The van der Waals surface area contributed by atoms with Crippen molar-refractivity contribution in [2.45, 2.75) is 26.3 Å². The van der Waals surface area contributed by atoms with Crippen molar-refractivity contribution >= 4 is 11.9 Å². The highest BCUT2D eigenvalue weighted by atomic mass is 16.5. The lowest BCUT2D eigenvalue weighted by Crippen LogP contribution is -2.31. The van der Waals surface area contributed by atoms with Crippen LogP contribution in [0.1, 0.15) is 24.0 Å². The number of methoxy groups -OCH3 is 1. The molecular weight excluding hydrogens is 278 g/mol. The smallest absolute Gasteiger partial charge is 0.305 e. The van der Waals surface area contributed by atoms with Crippen LogP contribution in [0.2, 0.25) is 0 Å². The number of hydrogen-bond acceptors (Lipinski definition) is 3. The van der Waals surface area contributed by atoms with Crippen LogP contribution in [0.25, 0.3) is 0 Å². The van der Waals surface area contributed by atoms with Gasteiger partial charge in [0.1, 0.15) is 0 Å². The van der Waals surface area contributed by atoms with Gasteiger partial charge in [-0.1, -0.05) is 42.5 Å². The molecule has 4 heteroatoms. The fourth-order valence-corrected chi connectivity index (χ4v) is 1.97. The van der Waals surface area contributed by atoms with Crippen LogP contribution in [0.4, 0.5) is 0 Å². The summed E-state index contributed by atoms with van der Waals surface area (Å²) in [5, 5.41) is 0. The molecule has 0 bridgehead atoms. The second kappa shape index (κ2) is 8.82. The first-order valence-electron chi connectivity index (χ1n) is 7.18. The number of ether oxygens (including phenoxy) is 1. The maximum absolute atomic E-state index is 12.4. The highest BCUT2D eigenvalue weighted by Crippen LogP contribution is 2.13. The van der Waals surface area contributed by atoms with E-state index in [4.69, 9.17) is 0 Å². The molecule has 0 N–H and O–H groups in total. The summed E-state index contributed by atoms with van der Waals surface area (Å²) in [5.74, 6) is -0.507. The van der Waals surface area contributed by atoms with Gasteiger partial charge in [-0.3, -0.25) is 9.59 Å². The third-order valence-electron chi connectivity index (χ3n) is 3.29. The topological polar surface area (TPSA) is 46.6 Å². The Bertz CT molecular complexity index is 546. The second-order valence-corrected chi connectivity index (χ2v) is 5.14. The lowest BCUT2D eigenvalue weighted by molar-refractivity contribution is -0.140. The van der Waals surface area contributed by atoms with E-state index in [1.807, 2.05) is 31.2 Å². The third kappa shape index (κ3) is 5.56. The van der Waals surface area contributed by atoms with E-state index in [9.17, 15) is 9.59 Å². The van der Waals surface area contributed by atoms with Crippen molar-refractivity contribution in [2.75, 3.05) is 13.7 Å². The number of carbonyl (C=O) groups is 2. The predicted molar refractivity (Wildman–Crippen MR) is 87.2 cm³/mol. The highest BCUT2D eigenvalue weighted by molar-refractivity contribution is 5.93. The quantitative estimate of drug-likeness (QED) is 0.421. The molecule has 0 aliphatic carbocycles. The van der Waals surface area contributed by atoms with E-state index in [-0.39, 0.29) is 18.3 Å². The van der Waals surface area contributed by atoms with Crippen LogP contribution in [0.3, 0.4) is 0 Å². The van der Waals surface area contributed by atoms with E-state index in [0.717, 1.165) is 5.56 Å². The average molecular weight is 301 g/mol. The minimum atomic E-state index is -0.345. The number of amides is 1. The lowest BCUT2D eigenvalue weighted by atomic mass is 10.1. The van der Waals surface area contributed by atoms with Crippen molar-refractivity contribution in [2.24, 2.45) is 0 Å². The summed E-state index contributed by atoms with van der Waals surface area (Å²) in [5.41, 5.74) is 2.62. The van der Waals surface area contributed by atoms with Gasteiger partial charge in [-0.15, -0.1) is 6.58 Å². The maximum atomic E-state index is 12.4. The Balaban J connectivity index is 2.70. The molecule has 4 nitrogen and oxygen atoms in total. The van der Waals surface area contributed by atoms with E-state index >= 15 is 0 Å². The summed E-state index contributed by atoms with van der Waals surface area (Å²) in [4.78, 5) is 25.2. The molecule has 1 aromatic carbocycles. The van der Waals surface area contributed by atoms with E-state index < -0.39 is 0 Å². The minimum absolute atomic E-state index is 0.160. The van der Waals surface area contributed by atoms with Gasteiger partial charge in [0.15, 0.2) is 0 Å². The second-order valence-electron chi connectivity index (χ2n) is 5.14. The van der Waals surface area contributed by atoms with E-state index in [2.05, 4.69) is 17.9 Å². The summed E-state index contributed by atoms with van der Waals surface area (Å²) in [6.45, 7) is 10.4. The molecule has 0 aliphatic rings. The van der Waals surface area contributed by atoms with Crippen molar-refractivity contribution < 1.29 is 14.3 Å². The Hall–Kier alpha value is -2.36. The van der Waals surface area contributed by atoms with Gasteiger partial charge in [-0.05, 0) is 18.9 Å². The molecule has 1 rings (SSSR count). The number of aryl methyl sites for hydroxylation is 1. The van der Waals surface area contributed by atoms with Gasteiger partial charge in [0.05, 0.1) is 7.11 Å². The lowest BCUT2D eigenvalue weighted by Gasteiger charge is -2.22. The fourth-order valence-electron chi connectivity index (χ4n) is 1.97. The molecule has 118 valence electrons. The van der Waals surface area contributed by atoms with Crippen molar-refractivity contribution in [3.8, 4) is 0 Å². The van der Waals surface area contributed by atoms with Crippen LogP contribution in [0.5, 0.6) is 0 Å². The zero-order chi connectivity index (χ0) is 16.5. The monoisotopic (exact) mass is 301 g/mol. The summed E-state index contributed by atoms with van der Waals surface area (Å²) < 4.78 is 4.57. The summed E-state index contributed by atoms with van der Waals surface area (Å²) >= 11 is 0. The highest BCUT2D eigenvalue weighted by Gasteiger charge is 2.17. The molecule has 22 heavy (non-hydrogen) atoms. The van der Waals surface area contributed by atoms with Crippen LogP contribution < -0.4 is 0 Å². The van der Waals surface area contributed by atoms with Crippen molar-refractivity contribution in [1.82, 2.24) is 4.90 Å². The van der Waals surface area contributed by atoms with Gasteiger partial charge in [-0.2, -0.15) is 0 Å². The number of benzene rings is 1. The van der Waals surface area contributed by atoms with E-state index in [1.54, 1.807) is 11.0 Å². The zero-order valence-electron chi connectivity index (χ0n) is 13.3. The molecule has 0 unspecified atom stereocenters. The number of rotatable bonds is 8. The molecule has 0 saturated heterocycles. The Morgan fingerprint density at radius 1 is 1.23 bits per heavy atom. The average Bonchev–Trinajstić information content (AvgIpc) is 2.53. The molecule has 0 saturated carbocycles. The van der Waals surface area contributed by atoms with Gasteiger partial charge < -0.3 is 9.64 Å². The summed E-state index contributed by atoms with van der Waals surface area (Å²) in [6, 6.07) is 8.02. The predicted octanol–water partition coefficient (Wildman–Crippen LogP) is 3.02. The molecule has 0 fully saturated rings. The molecule has 1 aromatic rings. The van der Waals surface area contributed by atoms with Crippen molar-refractivity contribution in [3.05, 3.63) is 60.2 Å². The van der Waals surface area contributed by atoms with E-state index in [1.165, 1.54) is 12.7 Å². The largest absolute Gasteiger partial charge is 0.469 e. The van der Waals surface area contributed by atoms with Crippen LogP contribution in [0, 0.1) is 6.92 Å². The van der Waals surface area contributed by atoms with Gasteiger partial charge in [0.25, 0.3) is 0 Å². The third-order valence-corrected chi connectivity index (χ3v) is 3.29. The normalized spacial score (nSPS) is 9.91. The molecule has 1 amide bonds. The van der Waals surface area contributed by atoms with Crippen molar-refractivity contribution in [1.29, 1.82) is 0 Å². The first-order chi connectivity index (χ1) is 10.5. The standard InChI is InChI=1S/C18H23NO3/c1-5-12-19(13-16-9-6-14(2)7-10-16)18(21)15(3)8-11-17(20)22-4/h5-7,9-10H,1,3,8,11-13H2,2,4H3. The van der Waals surface area contributed by atoms with Gasteiger partial charge in [0, 0.05) is 25.1 Å². The molecule has 0 atom stereocenters. The number of hydrogen-bond donors (Lipinski definition) is 0. The molecule has 0 aliphatic heterocycles. The fraction of sp³-hybridized carbons (Fsp3) is 0.333. The van der Waals surface area contributed by atoms with Gasteiger partial charge >= 0.3 is 5.97 Å². The summed E-state index contributed by atoms with van der Waals surface area (Å²) in [7, 11) is 1.33. The maximum Gasteiger partial charge on any atom is 0.305 e. The Labute approximate surface area is 132 Å². The summed E-state index contributed by atoms with van der Waals surface area (Å²) in [6.07, 6.45) is 2.14. The van der Waals surface area contributed by atoms with Crippen LogP contribution in [0.15, 0.2) is 49.1 Å². The number of carbonyl (C=O) groups excluding carboxylic acids is 2. The Morgan fingerprint density at radius 3 is 2.41 bits per heavy atom. The van der Waals surface area contributed by atoms with Crippen LogP contribution in [-0.2, 0) is 20.9 Å². The minimum Gasteiger partial charge on any atom is -0.469 e. The molecule has 0 aromatic heterocycles. The molecule has 0 radical (unpaired) electrons. The molecule has 0 spiro atoms. The SMILES string of the molecule is C=CCN(Cc1ccc(C)cc1)C(=O)C(=C)CCC(=O)OC. The Kier molecular flexibility index (Phi) is 7.09. The van der Waals surface area contributed by atoms with Crippen molar-refractivity contribution in [3.63, 3.8) is 0 Å². The van der Waals surface area contributed by atoms with Crippen LogP contribution in [-0.4, -0.2) is 30.4 Å². The molecule has 0 heterocycles.